The Morgan fingerprint density at radius 2 is 0.600 bits per heavy atom. The molecule has 526 valence electrons. The highest BCUT2D eigenvalue weighted by molar-refractivity contribution is 5.41. The number of aromatic nitrogens is 10. The molecule has 0 saturated heterocycles. The van der Waals surface area contributed by atoms with Crippen LogP contribution in [0.3, 0.4) is 0 Å². The zero-order valence-corrected chi connectivity index (χ0v) is 64.6. The minimum absolute atomic E-state index is 0.321. The van der Waals surface area contributed by atoms with Crippen molar-refractivity contribution in [2.45, 2.75) is 262 Å². The summed E-state index contributed by atoms with van der Waals surface area (Å²) in [6, 6.07) is 57.0. The summed E-state index contributed by atoms with van der Waals surface area (Å²) in [5.74, 6) is 3.14. The molecule has 2 aliphatic carbocycles. The minimum atomic E-state index is 0.321. The van der Waals surface area contributed by atoms with E-state index in [0.29, 0.717) is 52.3 Å². The first-order valence-corrected chi connectivity index (χ1v) is 37.1. The van der Waals surface area contributed by atoms with Crippen LogP contribution in [0.5, 0.6) is 0 Å². The molecule has 10 aromatic rings. The van der Waals surface area contributed by atoms with Gasteiger partial charge in [0.05, 0.1) is 56.9 Å². The van der Waals surface area contributed by atoms with Gasteiger partial charge in [-0.2, -0.15) is 51.0 Å². The second kappa shape index (κ2) is 35.7. The molecule has 5 heterocycles. The molecular weight excluding hydrogens is 1220 g/mol. The molecule has 10 nitrogen and oxygen atoms in total. The summed E-state index contributed by atoms with van der Waals surface area (Å²) in [6.07, 6.45) is 11.0. The monoisotopic (exact) mass is 1340 g/mol. The van der Waals surface area contributed by atoms with Gasteiger partial charge in [-0.3, -0.25) is 0 Å². The summed E-state index contributed by atoms with van der Waals surface area (Å²) in [6.45, 7) is 45.5. The molecule has 0 aliphatic heterocycles. The summed E-state index contributed by atoms with van der Waals surface area (Å²) >= 11 is 0. The lowest BCUT2D eigenvalue weighted by Crippen LogP contribution is -2.12. The Morgan fingerprint density at radius 3 is 0.930 bits per heavy atom. The third-order valence-electron chi connectivity index (χ3n) is 20.1. The topological polar surface area (TPSA) is 129 Å². The summed E-state index contributed by atoms with van der Waals surface area (Å²) < 4.78 is 0. The van der Waals surface area contributed by atoms with Crippen molar-refractivity contribution in [3.63, 3.8) is 0 Å². The molecule has 12 rings (SSSR count). The van der Waals surface area contributed by atoms with Gasteiger partial charge in [0.2, 0.25) is 0 Å². The maximum atomic E-state index is 4.42. The lowest BCUT2D eigenvalue weighted by atomic mass is 9.88. The third kappa shape index (κ3) is 22.5. The maximum absolute atomic E-state index is 4.42. The van der Waals surface area contributed by atoms with Crippen LogP contribution in [-0.4, -0.2) is 51.0 Å². The van der Waals surface area contributed by atoms with Gasteiger partial charge in [-0.05, 0) is 266 Å². The largest absolute Gasteiger partial charge is 0.155 e. The van der Waals surface area contributed by atoms with E-state index in [1.807, 2.05) is 0 Å². The van der Waals surface area contributed by atoms with Gasteiger partial charge in [0.25, 0.3) is 0 Å². The zero-order chi connectivity index (χ0) is 72.4. The molecule has 100 heavy (non-hydrogen) atoms. The maximum Gasteiger partial charge on any atom is 0.0656 e. The van der Waals surface area contributed by atoms with E-state index in [4.69, 9.17) is 0 Å². The van der Waals surface area contributed by atoms with E-state index >= 15 is 0 Å². The summed E-state index contributed by atoms with van der Waals surface area (Å²) in [7, 11) is 0. The standard InChI is InChI=1S/C19H26N2.2C18H22N2.C18H24N2.C17H22N2/c1-12(2)18-8-7-17(20-21-18)11-16(6)19-14(4)9-13(3)10-15(19)5;2*1-13(2)17-9-8-16(19-20-17)12-18(10-11-18)15-6-4-14(3)5-7-15;1-12(2)18-9-7-16(19-20-18)11-15(5)17-8-6-13(3)10-14(17)4;1-12(2)17-10-9-16(18-19-17)8-7-15-6-5-13(3)11-14(15)4/h7-10,12,16H,11H2,1-6H3;2*4-9,13H,10-12H2,1-3H3;6-10,12,15H,11H2,1-5H3;5-6,9-12H,7-8H2,1-4H3/t16-;;;15-;/m1..1./s1. The smallest absolute Gasteiger partial charge is 0.0656 e. The molecule has 0 spiro atoms. The van der Waals surface area contributed by atoms with E-state index in [9.17, 15) is 0 Å². The molecule has 2 saturated carbocycles. The van der Waals surface area contributed by atoms with Gasteiger partial charge in [0.15, 0.2) is 0 Å². The highest BCUT2D eigenvalue weighted by Gasteiger charge is 2.45. The molecule has 5 aromatic heterocycles. The molecule has 0 N–H and O–H groups in total. The Balaban J connectivity index is 0.000000159. The zero-order valence-electron chi connectivity index (χ0n) is 64.6. The van der Waals surface area contributed by atoms with Crippen molar-refractivity contribution in [1.29, 1.82) is 0 Å². The molecule has 2 fully saturated rings. The number of aryl methyl sites for hydroxylation is 11. The number of rotatable bonds is 20. The van der Waals surface area contributed by atoms with Crippen molar-refractivity contribution in [3.8, 4) is 0 Å². The van der Waals surface area contributed by atoms with Crippen LogP contribution in [0, 0.1) is 62.3 Å². The minimum Gasteiger partial charge on any atom is -0.155 e. The van der Waals surface area contributed by atoms with E-state index in [0.717, 1.165) is 95.5 Å². The van der Waals surface area contributed by atoms with Gasteiger partial charge in [-0.15, -0.1) is 0 Å². The Morgan fingerprint density at radius 1 is 0.280 bits per heavy atom. The number of hydrogen-bond donors (Lipinski definition) is 0. The van der Waals surface area contributed by atoms with Crippen LogP contribution in [0.15, 0.2) is 158 Å². The molecule has 2 aliphatic rings. The fraction of sp³-hybridized carbons (Fsp3) is 0.444. The third-order valence-corrected chi connectivity index (χ3v) is 20.1. The average molecular weight is 1340 g/mol. The van der Waals surface area contributed by atoms with Crippen LogP contribution in [0.2, 0.25) is 0 Å². The van der Waals surface area contributed by atoms with Crippen LogP contribution in [0.4, 0.5) is 0 Å². The summed E-state index contributed by atoms with van der Waals surface area (Å²) in [4.78, 5) is 0. The van der Waals surface area contributed by atoms with Crippen LogP contribution in [0.25, 0.3) is 0 Å². The van der Waals surface area contributed by atoms with E-state index in [1.165, 1.54) is 104 Å². The highest BCUT2D eigenvalue weighted by atomic mass is 15.1. The molecule has 0 radical (unpaired) electrons. The lowest BCUT2D eigenvalue weighted by molar-refractivity contribution is 0.655. The van der Waals surface area contributed by atoms with E-state index < -0.39 is 0 Å². The molecule has 5 aromatic carbocycles. The SMILES string of the molecule is Cc1cc(C)c([C@H](C)Cc2ccc(C(C)C)nn2)c(C)c1.Cc1ccc(C2(Cc3ccc(C(C)C)nn3)CC2)cc1.Cc1ccc(C2(Cc3ccc(C(C)C)nn3)CC2)cc1.Cc1ccc(CCc2ccc(C(C)C)nn2)c(C)c1.Cc1ccc([C@H](C)Cc2ccc(C(C)C)nn2)c(C)c1. The lowest BCUT2D eigenvalue weighted by Gasteiger charge is -2.18. The van der Waals surface area contributed by atoms with Gasteiger partial charge < -0.3 is 0 Å². The average Bonchev–Trinajstić information content (AvgIpc) is 1.62. The van der Waals surface area contributed by atoms with Crippen LogP contribution >= 0.6 is 0 Å². The van der Waals surface area contributed by atoms with Crippen molar-refractivity contribution >= 4 is 0 Å². The fourth-order valence-electron chi connectivity index (χ4n) is 13.5. The predicted octanol–water partition coefficient (Wildman–Crippen LogP) is 21.8. The molecular formula is C90H116N10. The van der Waals surface area contributed by atoms with E-state index in [-0.39, 0.29) is 0 Å². The van der Waals surface area contributed by atoms with Crippen LogP contribution in [-0.2, 0) is 49.4 Å². The van der Waals surface area contributed by atoms with Gasteiger partial charge in [0.1, 0.15) is 0 Å². The summed E-state index contributed by atoms with van der Waals surface area (Å²) in [5, 5.41) is 43.5. The highest BCUT2D eigenvalue weighted by Crippen LogP contribution is 2.51. The number of nitrogens with zero attached hydrogens (tertiary/aromatic N) is 10. The first kappa shape index (κ1) is 77.2. The Bertz CT molecular complexity index is 4010. The van der Waals surface area contributed by atoms with Crippen LogP contribution in [0.1, 0.15) is 285 Å². The van der Waals surface area contributed by atoms with E-state index in [1.54, 1.807) is 0 Å². The van der Waals surface area contributed by atoms with Gasteiger partial charge in [-0.1, -0.05) is 208 Å². The van der Waals surface area contributed by atoms with Crippen molar-refractivity contribution in [1.82, 2.24) is 51.0 Å². The first-order valence-electron chi connectivity index (χ1n) is 37.1. The van der Waals surface area contributed by atoms with Crippen molar-refractivity contribution in [2.24, 2.45) is 0 Å². The van der Waals surface area contributed by atoms with Crippen molar-refractivity contribution < 1.29 is 0 Å². The van der Waals surface area contributed by atoms with Crippen LogP contribution < -0.4 is 0 Å². The number of benzene rings is 5. The normalized spacial score (nSPS) is 13.9. The van der Waals surface area contributed by atoms with E-state index in [2.05, 4.69) is 354 Å². The molecule has 2 atom stereocenters. The second-order valence-corrected chi connectivity index (χ2v) is 31.0. The number of hydrogen-bond acceptors (Lipinski definition) is 10. The molecule has 10 heteroatoms. The first-order chi connectivity index (χ1) is 47.6. The van der Waals surface area contributed by atoms with Gasteiger partial charge in [0, 0.05) is 23.7 Å². The Labute approximate surface area is 602 Å². The van der Waals surface area contributed by atoms with Crippen molar-refractivity contribution in [3.05, 3.63) is 293 Å². The molecule has 0 unspecified atom stereocenters. The second-order valence-electron chi connectivity index (χ2n) is 31.0. The van der Waals surface area contributed by atoms with Gasteiger partial charge >= 0.3 is 0 Å². The molecule has 0 amide bonds. The summed E-state index contributed by atoms with van der Waals surface area (Å²) in [5.41, 5.74) is 30.7. The predicted molar refractivity (Wildman–Crippen MR) is 416 cm³/mol. The fourth-order valence-corrected chi connectivity index (χ4v) is 13.5. The Hall–Kier alpha value is -8.50. The van der Waals surface area contributed by atoms with Crippen molar-refractivity contribution in [2.75, 3.05) is 0 Å². The quantitative estimate of drug-likeness (QED) is 0.0727. The Kier molecular flexibility index (Phi) is 27.6. The van der Waals surface area contributed by atoms with Gasteiger partial charge in [-0.25, -0.2) is 0 Å². The molecule has 0 bridgehead atoms.